The van der Waals surface area contributed by atoms with Gasteiger partial charge in [-0.3, -0.25) is 5.32 Å². The summed E-state index contributed by atoms with van der Waals surface area (Å²) in [6, 6.07) is 9.46. The lowest BCUT2D eigenvalue weighted by Crippen LogP contribution is -2.56. The molecule has 0 aromatic heterocycles. The summed E-state index contributed by atoms with van der Waals surface area (Å²) >= 11 is 2.24. The Bertz CT molecular complexity index is 753. The van der Waals surface area contributed by atoms with Gasteiger partial charge < -0.3 is 9.47 Å². The average Bonchev–Trinajstić information content (AvgIpc) is 2.58. The summed E-state index contributed by atoms with van der Waals surface area (Å²) in [5, 5.41) is 2.67. The second-order valence-electron chi connectivity index (χ2n) is 8.90. The molecule has 1 heterocycles. The molecule has 29 heavy (non-hydrogen) atoms. The Labute approximate surface area is 186 Å². The monoisotopic (exact) mass is 515 g/mol. The summed E-state index contributed by atoms with van der Waals surface area (Å²) < 4.78 is 11.6. The van der Waals surface area contributed by atoms with E-state index in [1.165, 1.54) is 4.90 Å². The van der Waals surface area contributed by atoms with Gasteiger partial charge in [0.05, 0.1) is 12.1 Å². The minimum Gasteiger partial charge on any atom is -0.444 e. The maximum Gasteiger partial charge on any atom is 0.417 e. The highest BCUT2D eigenvalue weighted by molar-refractivity contribution is 14.1. The van der Waals surface area contributed by atoms with Crippen molar-refractivity contribution < 1.29 is 19.1 Å². The molecular weight excluding hydrogens is 485 g/mol. The van der Waals surface area contributed by atoms with Gasteiger partial charge in [-0.1, -0.05) is 52.9 Å². The van der Waals surface area contributed by atoms with Crippen molar-refractivity contribution in [2.24, 2.45) is 4.99 Å². The zero-order valence-electron chi connectivity index (χ0n) is 17.9. The summed E-state index contributed by atoms with van der Waals surface area (Å²) in [4.78, 5) is 31.5. The number of rotatable bonds is 2. The van der Waals surface area contributed by atoms with Crippen LogP contribution in [0.15, 0.2) is 35.3 Å². The van der Waals surface area contributed by atoms with Crippen molar-refractivity contribution in [2.45, 2.75) is 71.2 Å². The van der Waals surface area contributed by atoms with Gasteiger partial charge in [-0.15, -0.1) is 0 Å². The minimum atomic E-state index is -0.669. The first-order valence-electron chi connectivity index (χ1n) is 9.60. The molecule has 0 radical (unpaired) electrons. The fourth-order valence-electron chi connectivity index (χ4n) is 2.85. The van der Waals surface area contributed by atoms with E-state index >= 15 is 0 Å². The van der Waals surface area contributed by atoms with Gasteiger partial charge in [0, 0.05) is 4.43 Å². The van der Waals surface area contributed by atoms with Crippen LogP contribution < -0.4 is 5.32 Å². The fraction of sp³-hybridized carbons (Fsp3) is 0.571. The number of amides is 2. The molecule has 7 nitrogen and oxygen atoms in total. The third-order valence-corrected chi connectivity index (χ3v) is 4.95. The van der Waals surface area contributed by atoms with Crippen LogP contribution >= 0.6 is 22.6 Å². The third-order valence-electron chi connectivity index (χ3n) is 3.93. The van der Waals surface area contributed by atoms with Crippen molar-refractivity contribution in [3.05, 3.63) is 35.9 Å². The number of alkyl carbamates (subject to hydrolysis) is 1. The fourth-order valence-corrected chi connectivity index (χ4v) is 3.60. The summed E-state index contributed by atoms with van der Waals surface area (Å²) in [7, 11) is 0. The Balaban J connectivity index is 2.39. The molecular formula is C21H30IN3O4. The second kappa shape index (κ2) is 9.32. The Morgan fingerprint density at radius 2 is 1.69 bits per heavy atom. The number of alkyl halides is 1. The number of aliphatic imine (C=N–C) groups is 1. The van der Waals surface area contributed by atoms with Gasteiger partial charge in [-0.2, -0.15) is 0 Å². The van der Waals surface area contributed by atoms with E-state index in [0.29, 0.717) is 10.8 Å². The number of carbonyl (C=O) groups is 2. The highest BCUT2D eigenvalue weighted by Crippen LogP contribution is 2.31. The number of ether oxygens (including phenoxy) is 2. The Kier molecular flexibility index (Phi) is 7.53. The summed E-state index contributed by atoms with van der Waals surface area (Å²) in [5.41, 5.74) is -0.313. The van der Waals surface area contributed by atoms with E-state index in [9.17, 15) is 9.59 Å². The molecule has 1 aliphatic heterocycles. The topological polar surface area (TPSA) is 80.2 Å². The predicted octanol–water partition coefficient (Wildman–Crippen LogP) is 5.05. The summed E-state index contributed by atoms with van der Waals surface area (Å²) in [6.45, 7) is 10.8. The van der Waals surface area contributed by atoms with Crippen molar-refractivity contribution in [1.29, 1.82) is 0 Å². The molecule has 0 fully saturated rings. The zero-order chi connectivity index (χ0) is 21.8. The average molecular weight is 515 g/mol. The molecule has 1 N–H and O–H groups in total. The van der Waals surface area contributed by atoms with Crippen molar-refractivity contribution in [3.63, 3.8) is 0 Å². The largest absolute Gasteiger partial charge is 0.444 e. The van der Waals surface area contributed by atoms with Crippen LogP contribution in [0, 0.1) is 0 Å². The van der Waals surface area contributed by atoms with Gasteiger partial charge in [0.25, 0.3) is 0 Å². The van der Waals surface area contributed by atoms with Crippen LogP contribution in [0.2, 0.25) is 0 Å². The van der Waals surface area contributed by atoms with Crippen LogP contribution in [0.5, 0.6) is 0 Å². The smallest absolute Gasteiger partial charge is 0.417 e. The lowest BCUT2D eigenvalue weighted by atomic mass is 9.98. The van der Waals surface area contributed by atoms with E-state index in [1.54, 1.807) is 41.5 Å². The summed E-state index contributed by atoms with van der Waals surface area (Å²) in [5.74, 6) is 0.148. The van der Waals surface area contributed by atoms with Crippen molar-refractivity contribution >= 4 is 40.7 Å². The van der Waals surface area contributed by atoms with Crippen LogP contribution in [0.1, 0.15) is 59.6 Å². The lowest BCUT2D eigenvalue weighted by Gasteiger charge is -2.38. The molecule has 2 amide bonds. The number of carbonyl (C=O) groups excluding carboxylic acids is 2. The van der Waals surface area contributed by atoms with Gasteiger partial charge in [0.2, 0.25) is 5.96 Å². The minimum absolute atomic E-state index is 0.148. The van der Waals surface area contributed by atoms with Gasteiger partial charge in [-0.05, 0) is 53.5 Å². The van der Waals surface area contributed by atoms with Crippen LogP contribution in [0.25, 0.3) is 0 Å². The normalized spacial score (nSPS) is 20.0. The molecule has 1 aromatic rings. The number of nitrogens with one attached hydrogen (secondary N) is 1. The molecule has 0 spiro atoms. The number of nitrogens with zero attached hydrogens (tertiary/aromatic N) is 2. The quantitative estimate of drug-likeness (QED) is 0.442. The van der Waals surface area contributed by atoms with Gasteiger partial charge in [0.15, 0.2) is 0 Å². The van der Waals surface area contributed by atoms with E-state index in [1.807, 2.05) is 30.3 Å². The van der Waals surface area contributed by atoms with Crippen molar-refractivity contribution in [1.82, 2.24) is 10.2 Å². The van der Waals surface area contributed by atoms with E-state index < -0.39 is 23.4 Å². The van der Waals surface area contributed by atoms with Gasteiger partial charge in [-0.25, -0.2) is 19.5 Å². The molecule has 160 valence electrons. The predicted molar refractivity (Wildman–Crippen MR) is 121 cm³/mol. The molecule has 2 rings (SSSR count). The molecule has 8 heteroatoms. The van der Waals surface area contributed by atoms with Crippen LogP contribution in [0.4, 0.5) is 9.59 Å². The molecule has 0 aliphatic carbocycles. The highest BCUT2D eigenvalue weighted by Gasteiger charge is 2.38. The SMILES string of the molecule is CC(C)(C)OC(=O)NC1=N[C@H](c2ccccc2)C[C@H](CI)N1C(=O)OC(C)(C)C. The number of benzene rings is 1. The molecule has 0 saturated carbocycles. The van der Waals surface area contributed by atoms with Crippen molar-refractivity contribution in [3.8, 4) is 0 Å². The van der Waals surface area contributed by atoms with E-state index in [2.05, 4.69) is 32.9 Å². The summed E-state index contributed by atoms with van der Waals surface area (Å²) in [6.07, 6.45) is -0.572. The number of hydrogen-bond donors (Lipinski definition) is 1. The zero-order valence-corrected chi connectivity index (χ0v) is 20.0. The third kappa shape index (κ3) is 7.17. The van der Waals surface area contributed by atoms with Crippen molar-refractivity contribution in [2.75, 3.05) is 4.43 Å². The second-order valence-corrected chi connectivity index (χ2v) is 9.78. The van der Waals surface area contributed by atoms with Crippen LogP contribution in [-0.4, -0.2) is 44.7 Å². The number of halogens is 1. The molecule has 0 saturated heterocycles. The first-order chi connectivity index (χ1) is 13.4. The molecule has 0 bridgehead atoms. The van der Waals surface area contributed by atoms with E-state index in [4.69, 9.17) is 9.47 Å². The molecule has 0 unspecified atom stereocenters. The van der Waals surface area contributed by atoms with E-state index in [-0.39, 0.29) is 18.0 Å². The maximum atomic E-state index is 12.9. The Morgan fingerprint density at radius 1 is 1.10 bits per heavy atom. The maximum absolute atomic E-state index is 12.9. The van der Waals surface area contributed by atoms with Crippen LogP contribution in [0.3, 0.4) is 0 Å². The molecule has 1 aromatic carbocycles. The Hall–Kier alpha value is -1.84. The standard InChI is InChI=1S/C21H30IN3O4/c1-20(2,3)28-18(26)24-17-23-16(14-10-8-7-9-11-14)12-15(13-22)25(17)19(27)29-21(4,5)6/h7-11,15-16H,12-13H2,1-6H3,(H,23,24,26)/t15-,16+/m1/s1. The Morgan fingerprint density at radius 3 is 2.21 bits per heavy atom. The van der Waals surface area contributed by atoms with Crippen LogP contribution in [-0.2, 0) is 9.47 Å². The lowest BCUT2D eigenvalue weighted by molar-refractivity contribution is 0.0291. The van der Waals surface area contributed by atoms with Gasteiger partial charge in [0.1, 0.15) is 11.2 Å². The van der Waals surface area contributed by atoms with E-state index in [0.717, 1.165) is 5.56 Å². The molecule has 2 atom stereocenters. The number of guanidine groups is 1. The first-order valence-corrected chi connectivity index (χ1v) is 11.1. The van der Waals surface area contributed by atoms with Gasteiger partial charge >= 0.3 is 12.2 Å². The number of hydrogen-bond acceptors (Lipinski definition) is 5. The first kappa shape index (κ1) is 23.4. The highest BCUT2D eigenvalue weighted by atomic mass is 127. The molecule has 1 aliphatic rings.